The summed E-state index contributed by atoms with van der Waals surface area (Å²) in [7, 11) is 0. The van der Waals surface area contributed by atoms with Gasteiger partial charge >= 0.3 is 5.97 Å². The van der Waals surface area contributed by atoms with Gasteiger partial charge in [0.1, 0.15) is 11.6 Å². The molecule has 0 radical (unpaired) electrons. The summed E-state index contributed by atoms with van der Waals surface area (Å²) in [5.41, 5.74) is 3.11. The maximum Gasteiger partial charge on any atom is 0.326 e. The minimum absolute atomic E-state index is 0.274. The van der Waals surface area contributed by atoms with E-state index in [0.29, 0.717) is 22.2 Å². The van der Waals surface area contributed by atoms with Gasteiger partial charge in [-0.1, -0.05) is 48.5 Å². The molecule has 6 rings (SSSR count). The first-order valence-electron chi connectivity index (χ1n) is 11.8. The fourth-order valence-corrected chi connectivity index (χ4v) is 4.79. The number of benzene rings is 3. The molecule has 1 N–H and O–H groups in total. The second kappa shape index (κ2) is 8.60. The van der Waals surface area contributed by atoms with Crippen molar-refractivity contribution in [2.45, 2.75) is 19.9 Å². The van der Waals surface area contributed by atoms with Crippen molar-refractivity contribution in [3.05, 3.63) is 100 Å². The number of nitrogens with zero attached hydrogens (tertiary/aromatic N) is 4. The van der Waals surface area contributed by atoms with E-state index in [-0.39, 0.29) is 11.4 Å². The highest BCUT2D eigenvalue weighted by molar-refractivity contribution is 6.02. The molecule has 0 unspecified atom stereocenters. The van der Waals surface area contributed by atoms with Crippen LogP contribution in [0, 0.1) is 6.92 Å². The molecule has 0 saturated heterocycles. The van der Waals surface area contributed by atoms with Gasteiger partial charge in [-0.2, -0.15) is 9.78 Å². The maximum absolute atomic E-state index is 13.6. The normalized spacial score (nSPS) is 12.7. The van der Waals surface area contributed by atoms with Crippen molar-refractivity contribution in [1.82, 2.24) is 14.2 Å². The zero-order chi connectivity index (χ0) is 25.7. The number of hydrogen-bond donors (Lipinski definition) is 1. The number of carboxylic acid groups (broad SMARTS) is 1. The van der Waals surface area contributed by atoms with Gasteiger partial charge in [-0.3, -0.25) is 4.79 Å². The van der Waals surface area contributed by atoms with Gasteiger partial charge in [0.25, 0.3) is 5.56 Å². The molecule has 0 aliphatic heterocycles. The van der Waals surface area contributed by atoms with Crippen LogP contribution in [0.25, 0.3) is 44.4 Å². The molecule has 0 amide bonds. The molecule has 0 bridgehead atoms. The van der Waals surface area contributed by atoms with E-state index in [9.17, 15) is 14.7 Å². The number of furan rings is 1. The minimum atomic E-state index is -0.936. The van der Waals surface area contributed by atoms with Gasteiger partial charge in [0, 0.05) is 27.5 Å². The third-order valence-corrected chi connectivity index (χ3v) is 6.65. The second-order valence-corrected chi connectivity index (χ2v) is 8.86. The van der Waals surface area contributed by atoms with Crippen LogP contribution in [0.4, 0.5) is 0 Å². The largest absolute Gasteiger partial charge is 0.480 e. The highest BCUT2D eigenvalue weighted by atomic mass is 16.4. The molecule has 182 valence electrons. The van der Waals surface area contributed by atoms with Crippen LogP contribution in [-0.4, -0.2) is 31.5 Å². The zero-order valence-electron chi connectivity index (χ0n) is 20.1. The van der Waals surface area contributed by atoms with Gasteiger partial charge in [-0.25, -0.2) is 9.78 Å². The lowest BCUT2D eigenvalue weighted by Crippen LogP contribution is -2.20. The third kappa shape index (κ3) is 3.61. The Bertz CT molecular complexity index is 1890. The molecule has 0 saturated carbocycles. The maximum atomic E-state index is 13.6. The first-order valence-corrected chi connectivity index (χ1v) is 11.8. The van der Waals surface area contributed by atoms with Gasteiger partial charge < -0.3 is 14.1 Å². The lowest BCUT2D eigenvalue weighted by molar-refractivity contribution is -0.140. The number of para-hydroxylation sites is 3. The Morgan fingerprint density at radius 2 is 1.73 bits per heavy atom. The molecule has 1 atom stereocenters. The molecule has 0 fully saturated rings. The van der Waals surface area contributed by atoms with Crippen LogP contribution < -0.4 is 5.56 Å². The van der Waals surface area contributed by atoms with E-state index in [1.807, 2.05) is 67.6 Å². The monoisotopic (exact) mass is 490 g/mol. The number of carbonyl (C=O) groups is 1. The van der Waals surface area contributed by atoms with Crippen LogP contribution >= 0.6 is 0 Å². The van der Waals surface area contributed by atoms with Gasteiger partial charge in [0.2, 0.25) is 5.82 Å². The highest BCUT2D eigenvalue weighted by Gasteiger charge is 2.22. The topological polar surface area (TPSA) is 103 Å². The SMILES string of the molecule is Cc1c(C=Nn2c(-c3cc4ccccc4o3)nc3ccccc3c2=O)c2ccccc2n1[C@@H](C)C(=O)O. The van der Waals surface area contributed by atoms with E-state index in [2.05, 4.69) is 5.10 Å². The second-order valence-electron chi connectivity index (χ2n) is 8.86. The Morgan fingerprint density at radius 3 is 2.51 bits per heavy atom. The number of carboxylic acids is 1. The predicted molar refractivity (Wildman–Crippen MR) is 143 cm³/mol. The predicted octanol–water partition coefficient (Wildman–Crippen LogP) is 5.60. The Morgan fingerprint density at radius 1 is 1.03 bits per heavy atom. The average molecular weight is 491 g/mol. The van der Waals surface area contributed by atoms with Crippen LogP contribution in [0.2, 0.25) is 0 Å². The zero-order valence-corrected chi connectivity index (χ0v) is 20.1. The third-order valence-electron chi connectivity index (χ3n) is 6.65. The van der Waals surface area contributed by atoms with Gasteiger partial charge in [-0.05, 0) is 44.2 Å². The lowest BCUT2D eigenvalue weighted by atomic mass is 10.1. The standard InChI is InChI=1S/C29H22N4O4/c1-17-22(20-10-5-7-13-24(20)32(17)18(2)29(35)36)16-30-33-27(26-15-19-9-3-8-14-25(19)37-26)31-23-12-6-4-11-21(23)28(33)34/h3-16,18H,1-2H3,(H,35,36)/t18-/m0/s1. The molecule has 3 aromatic heterocycles. The molecular formula is C29H22N4O4. The van der Waals surface area contributed by atoms with E-state index in [1.54, 1.807) is 35.9 Å². The molecule has 37 heavy (non-hydrogen) atoms. The van der Waals surface area contributed by atoms with Crippen molar-refractivity contribution in [1.29, 1.82) is 0 Å². The van der Waals surface area contributed by atoms with Crippen molar-refractivity contribution >= 4 is 45.0 Å². The van der Waals surface area contributed by atoms with Crippen LogP contribution in [0.15, 0.2) is 93.2 Å². The highest BCUT2D eigenvalue weighted by Crippen LogP contribution is 2.29. The summed E-state index contributed by atoms with van der Waals surface area (Å²) in [6.07, 6.45) is 1.59. The molecule has 0 spiro atoms. The van der Waals surface area contributed by atoms with E-state index in [0.717, 1.165) is 27.5 Å². The van der Waals surface area contributed by atoms with Crippen molar-refractivity contribution < 1.29 is 14.3 Å². The van der Waals surface area contributed by atoms with Crippen molar-refractivity contribution in [2.24, 2.45) is 5.10 Å². The van der Waals surface area contributed by atoms with Crippen LogP contribution in [0.5, 0.6) is 0 Å². The van der Waals surface area contributed by atoms with Crippen molar-refractivity contribution in [2.75, 3.05) is 0 Å². The molecule has 3 heterocycles. The summed E-state index contributed by atoms with van der Waals surface area (Å²) in [4.78, 5) is 30.1. The first-order chi connectivity index (χ1) is 17.9. The lowest BCUT2D eigenvalue weighted by Gasteiger charge is -2.13. The molecule has 3 aromatic carbocycles. The Balaban J connectivity index is 1.59. The molecular weight excluding hydrogens is 468 g/mol. The Hall–Kier alpha value is -4.98. The van der Waals surface area contributed by atoms with E-state index in [4.69, 9.17) is 9.40 Å². The summed E-state index contributed by atoms with van der Waals surface area (Å²) >= 11 is 0. The Labute approximate surface area is 210 Å². The van der Waals surface area contributed by atoms with Gasteiger partial charge in [-0.15, -0.1) is 0 Å². The fourth-order valence-electron chi connectivity index (χ4n) is 4.79. The minimum Gasteiger partial charge on any atom is -0.480 e. The van der Waals surface area contributed by atoms with Gasteiger partial charge in [0.15, 0.2) is 5.76 Å². The molecule has 0 aliphatic rings. The van der Waals surface area contributed by atoms with Crippen LogP contribution in [0.1, 0.15) is 24.2 Å². The van der Waals surface area contributed by atoms with Crippen LogP contribution in [-0.2, 0) is 4.79 Å². The molecule has 0 aliphatic carbocycles. The van der Waals surface area contributed by atoms with E-state index < -0.39 is 12.0 Å². The number of rotatable bonds is 5. The fraction of sp³-hybridized carbons (Fsp3) is 0.103. The van der Waals surface area contributed by atoms with Gasteiger partial charge in [0.05, 0.1) is 17.1 Å². The Kier molecular flexibility index (Phi) is 5.22. The summed E-state index contributed by atoms with van der Waals surface area (Å²) in [6, 6.07) is 23.3. The van der Waals surface area contributed by atoms with Crippen molar-refractivity contribution in [3.8, 4) is 11.6 Å². The van der Waals surface area contributed by atoms with Crippen LogP contribution in [0.3, 0.4) is 0 Å². The van der Waals surface area contributed by atoms with Crippen molar-refractivity contribution in [3.63, 3.8) is 0 Å². The van der Waals surface area contributed by atoms with E-state index in [1.165, 1.54) is 4.68 Å². The van der Waals surface area contributed by atoms with E-state index >= 15 is 0 Å². The first kappa shape index (κ1) is 22.5. The molecule has 8 nitrogen and oxygen atoms in total. The number of aliphatic carboxylic acids is 1. The quantitative estimate of drug-likeness (QED) is 0.317. The number of aromatic nitrogens is 3. The summed E-state index contributed by atoms with van der Waals surface area (Å²) in [5.74, 6) is -0.245. The molecule has 6 aromatic rings. The summed E-state index contributed by atoms with van der Waals surface area (Å²) in [5, 5.41) is 16.4. The average Bonchev–Trinajstić information content (AvgIpc) is 3.46. The summed E-state index contributed by atoms with van der Waals surface area (Å²) in [6.45, 7) is 3.49. The number of fused-ring (bicyclic) bond motifs is 3. The molecule has 8 heteroatoms. The summed E-state index contributed by atoms with van der Waals surface area (Å²) < 4.78 is 9.05. The number of hydrogen-bond acceptors (Lipinski definition) is 5. The smallest absolute Gasteiger partial charge is 0.326 e.